The van der Waals surface area contributed by atoms with E-state index in [9.17, 15) is 0 Å². The van der Waals surface area contributed by atoms with Gasteiger partial charge in [-0.3, -0.25) is 4.98 Å². The third-order valence-electron chi connectivity index (χ3n) is 5.90. The van der Waals surface area contributed by atoms with Crippen molar-refractivity contribution in [2.24, 2.45) is 17.1 Å². The van der Waals surface area contributed by atoms with Crippen LogP contribution in [0.15, 0.2) is 36.9 Å². The first-order valence-corrected chi connectivity index (χ1v) is 10.2. The van der Waals surface area contributed by atoms with E-state index in [1.54, 1.807) is 0 Å². The van der Waals surface area contributed by atoms with E-state index in [1.807, 2.05) is 6.08 Å². The van der Waals surface area contributed by atoms with Gasteiger partial charge in [0.2, 0.25) is 0 Å². The second-order valence-electron chi connectivity index (χ2n) is 8.78. The molecule has 3 nitrogen and oxygen atoms in total. The predicted octanol–water partition coefficient (Wildman–Crippen LogP) is 5.91. The quantitative estimate of drug-likeness (QED) is 0.585. The maximum Gasteiger partial charge on any atom is 0.0967 e. The van der Waals surface area contributed by atoms with E-state index < -0.39 is 0 Å². The zero-order valence-corrected chi connectivity index (χ0v) is 17.9. The molecule has 0 aliphatic heterocycles. The van der Waals surface area contributed by atoms with E-state index in [4.69, 9.17) is 4.98 Å². The summed E-state index contributed by atoms with van der Waals surface area (Å²) in [4.78, 5) is 8.68. The molecule has 1 aromatic carbocycles. The molecule has 148 valence electrons. The average molecular weight is 376 g/mol. The molecular weight excluding hydrogens is 342 g/mol. The van der Waals surface area contributed by atoms with Crippen molar-refractivity contribution in [1.82, 2.24) is 9.97 Å². The molecule has 3 aromatic rings. The van der Waals surface area contributed by atoms with Crippen molar-refractivity contribution in [3.63, 3.8) is 0 Å². The summed E-state index contributed by atoms with van der Waals surface area (Å²) in [5.41, 5.74) is 14.5. The van der Waals surface area contributed by atoms with Crippen LogP contribution in [0.4, 0.5) is 0 Å². The highest BCUT2D eigenvalue weighted by Gasteiger charge is 2.30. The number of hydrogen-bond acceptors (Lipinski definition) is 2. The van der Waals surface area contributed by atoms with Crippen molar-refractivity contribution in [3.8, 4) is 11.1 Å². The van der Waals surface area contributed by atoms with Crippen molar-refractivity contribution in [1.29, 1.82) is 0 Å². The van der Waals surface area contributed by atoms with Gasteiger partial charge in [0, 0.05) is 17.0 Å². The van der Waals surface area contributed by atoms with E-state index in [-0.39, 0.29) is 0 Å². The lowest BCUT2D eigenvalue weighted by Crippen LogP contribution is -2.27. The molecule has 2 aromatic heterocycles. The van der Waals surface area contributed by atoms with E-state index in [1.165, 1.54) is 41.4 Å². The number of nitrogens with one attached hydrogen (secondary N) is 1. The van der Waals surface area contributed by atoms with Gasteiger partial charge in [-0.1, -0.05) is 57.2 Å². The Bertz CT molecular complexity index is 989. The van der Waals surface area contributed by atoms with Crippen LogP contribution in [-0.4, -0.2) is 17.0 Å². The largest absolute Gasteiger partial charge is 0.353 e. The molecule has 1 aliphatic rings. The van der Waals surface area contributed by atoms with Crippen LogP contribution in [0.3, 0.4) is 0 Å². The normalized spacial score (nSPS) is 16.3. The fourth-order valence-electron chi connectivity index (χ4n) is 4.27. The second kappa shape index (κ2) is 7.92. The number of aromatic amines is 1. The van der Waals surface area contributed by atoms with Crippen LogP contribution < -0.4 is 5.73 Å². The number of aryl methyl sites for hydroxylation is 2. The van der Waals surface area contributed by atoms with Crippen LogP contribution in [-0.2, 0) is 12.8 Å². The summed E-state index contributed by atoms with van der Waals surface area (Å²) in [5.74, 6) is 0.722. The van der Waals surface area contributed by atoms with E-state index in [0.717, 1.165) is 35.5 Å². The van der Waals surface area contributed by atoms with Gasteiger partial charge < -0.3 is 10.7 Å². The molecule has 1 aliphatic carbocycles. The first-order chi connectivity index (χ1) is 13.4. The Morgan fingerprint density at radius 1 is 1.21 bits per heavy atom. The molecular formula is C25H33N3. The maximum atomic E-state index is 5.13. The molecule has 0 saturated heterocycles. The molecule has 3 N–H and O–H groups in total. The fourth-order valence-corrected chi connectivity index (χ4v) is 4.27. The minimum atomic E-state index is 0.349. The van der Waals surface area contributed by atoms with Gasteiger partial charge in [0.1, 0.15) is 0 Å². The molecule has 0 bridgehead atoms. The Hall–Kier alpha value is -2.39. The van der Waals surface area contributed by atoms with Gasteiger partial charge in [0.15, 0.2) is 0 Å². The molecule has 0 radical (unpaired) electrons. The van der Waals surface area contributed by atoms with Crippen LogP contribution in [0, 0.1) is 18.3 Å². The van der Waals surface area contributed by atoms with Crippen molar-refractivity contribution < 1.29 is 0 Å². The zero-order valence-electron chi connectivity index (χ0n) is 17.9. The standard InChI is InChI=1S/C24H28N2.CH5N/c1-6-19-22(16-9-7-8-15(2)12-16)23-21(25-19)14-17-13-18(24(3,4)5)10-11-20(17)26-23;1-2/h6-9,12,14,18,25H,1,10-11,13H2,2-5H3;2H2,1H3. The lowest BCUT2D eigenvalue weighted by Gasteiger charge is -2.34. The van der Waals surface area contributed by atoms with Gasteiger partial charge in [-0.25, -0.2) is 0 Å². The average Bonchev–Trinajstić information content (AvgIpc) is 3.04. The molecule has 0 saturated carbocycles. The van der Waals surface area contributed by atoms with Crippen molar-refractivity contribution in [2.75, 3.05) is 7.05 Å². The van der Waals surface area contributed by atoms with Crippen LogP contribution >= 0.6 is 0 Å². The summed E-state index contributed by atoms with van der Waals surface area (Å²) < 4.78 is 0. The number of nitrogens with two attached hydrogens (primary N) is 1. The summed E-state index contributed by atoms with van der Waals surface area (Å²) in [6, 6.07) is 11.0. The van der Waals surface area contributed by atoms with Gasteiger partial charge >= 0.3 is 0 Å². The number of hydrogen-bond donors (Lipinski definition) is 2. The predicted molar refractivity (Wildman–Crippen MR) is 121 cm³/mol. The van der Waals surface area contributed by atoms with Gasteiger partial charge in [-0.05, 0) is 67.8 Å². The van der Waals surface area contributed by atoms with Gasteiger partial charge in [0.05, 0.1) is 11.0 Å². The maximum absolute atomic E-state index is 5.13. The highest BCUT2D eigenvalue weighted by Crippen LogP contribution is 2.39. The number of fused-ring (bicyclic) bond motifs is 2. The summed E-state index contributed by atoms with van der Waals surface area (Å²) in [7, 11) is 1.50. The molecule has 1 atom stereocenters. The molecule has 0 fully saturated rings. The lowest BCUT2D eigenvalue weighted by molar-refractivity contribution is 0.215. The third kappa shape index (κ3) is 3.77. The van der Waals surface area contributed by atoms with Gasteiger partial charge in [0.25, 0.3) is 0 Å². The van der Waals surface area contributed by atoms with Crippen molar-refractivity contribution >= 4 is 17.1 Å². The number of benzene rings is 1. The Kier molecular flexibility index (Phi) is 5.76. The van der Waals surface area contributed by atoms with Crippen LogP contribution in [0.5, 0.6) is 0 Å². The summed E-state index contributed by atoms with van der Waals surface area (Å²) in [5, 5.41) is 0. The number of nitrogens with zero attached hydrogens (tertiary/aromatic N) is 1. The molecule has 28 heavy (non-hydrogen) atoms. The van der Waals surface area contributed by atoms with Crippen LogP contribution in [0.1, 0.15) is 49.7 Å². The number of aromatic nitrogens is 2. The molecule has 0 amide bonds. The van der Waals surface area contributed by atoms with Crippen molar-refractivity contribution in [3.05, 3.63) is 59.4 Å². The summed E-state index contributed by atoms with van der Waals surface area (Å²) in [6.07, 6.45) is 5.35. The lowest BCUT2D eigenvalue weighted by atomic mass is 9.71. The number of H-pyrrole nitrogens is 1. The molecule has 1 unspecified atom stereocenters. The fraction of sp³-hybridized carbons (Fsp3) is 0.400. The van der Waals surface area contributed by atoms with Gasteiger partial charge in [-0.15, -0.1) is 0 Å². The number of rotatable bonds is 2. The van der Waals surface area contributed by atoms with E-state index in [2.05, 4.69) is 75.3 Å². The third-order valence-corrected chi connectivity index (χ3v) is 5.90. The first kappa shape index (κ1) is 20.3. The molecule has 4 rings (SSSR count). The van der Waals surface area contributed by atoms with Crippen LogP contribution in [0.2, 0.25) is 0 Å². The van der Waals surface area contributed by atoms with E-state index in [0.29, 0.717) is 5.41 Å². The SMILES string of the molecule is C=Cc1[nH]c2cc3c(nc2c1-c1cccc(C)c1)CCC(C(C)(C)C)C3.CN. The Morgan fingerprint density at radius 2 is 1.96 bits per heavy atom. The van der Waals surface area contributed by atoms with Crippen molar-refractivity contribution in [2.45, 2.75) is 47.0 Å². The smallest absolute Gasteiger partial charge is 0.0967 e. The Labute approximate surface area is 169 Å². The van der Waals surface area contributed by atoms with Crippen LogP contribution in [0.25, 0.3) is 28.2 Å². The molecule has 0 spiro atoms. The minimum Gasteiger partial charge on any atom is -0.353 e. The van der Waals surface area contributed by atoms with E-state index >= 15 is 0 Å². The first-order valence-electron chi connectivity index (χ1n) is 10.2. The molecule has 3 heteroatoms. The summed E-state index contributed by atoms with van der Waals surface area (Å²) in [6.45, 7) is 13.2. The monoisotopic (exact) mass is 375 g/mol. The zero-order chi connectivity index (χ0) is 20.5. The highest BCUT2D eigenvalue weighted by atomic mass is 14.8. The number of pyridine rings is 1. The topological polar surface area (TPSA) is 54.7 Å². The molecule has 2 heterocycles. The summed E-state index contributed by atoms with van der Waals surface area (Å²) >= 11 is 0. The minimum absolute atomic E-state index is 0.349. The van der Waals surface area contributed by atoms with Gasteiger partial charge in [-0.2, -0.15) is 0 Å². The Morgan fingerprint density at radius 3 is 2.61 bits per heavy atom. The highest BCUT2D eigenvalue weighted by molar-refractivity contribution is 5.97. The Balaban J connectivity index is 0.00000109. The second-order valence-corrected chi connectivity index (χ2v) is 8.78.